The first-order valence-corrected chi connectivity index (χ1v) is 15.0. The van der Waals surface area contributed by atoms with Gasteiger partial charge in [-0.05, 0) is 52.9 Å². The number of nitrogens with zero attached hydrogens (tertiary/aromatic N) is 1. The number of aromatic amines is 1. The van der Waals surface area contributed by atoms with Crippen LogP contribution in [0.3, 0.4) is 0 Å². The highest BCUT2D eigenvalue weighted by Crippen LogP contribution is 2.48. The summed E-state index contributed by atoms with van der Waals surface area (Å²) in [4.78, 5) is 4.66. The van der Waals surface area contributed by atoms with Crippen molar-refractivity contribution >= 4 is 77.6 Å². The average molecular weight is 574 g/mol. The second-order valence-electron chi connectivity index (χ2n) is 9.92. The highest BCUT2D eigenvalue weighted by Gasteiger charge is 2.34. The topological polar surface area (TPSA) is 73.4 Å². The fourth-order valence-electron chi connectivity index (χ4n) is 4.57. The molecule has 2 N–H and O–H groups in total. The van der Waals surface area contributed by atoms with Gasteiger partial charge in [0.05, 0.1) is 27.2 Å². The van der Waals surface area contributed by atoms with Crippen LogP contribution in [-0.2, 0) is 15.4 Å². The molecule has 0 fully saturated rings. The van der Waals surface area contributed by atoms with Crippen LogP contribution in [-0.4, -0.2) is 24.3 Å². The lowest BCUT2D eigenvalue weighted by Crippen LogP contribution is -2.30. The molecule has 2 heterocycles. The van der Waals surface area contributed by atoms with Gasteiger partial charge in [-0.15, -0.1) is 11.3 Å². The Hall–Kier alpha value is -2.71. The van der Waals surface area contributed by atoms with Crippen LogP contribution in [0.1, 0.15) is 33.4 Å². The van der Waals surface area contributed by atoms with Crippen LogP contribution >= 0.6 is 34.5 Å². The van der Waals surface area contributed by atoms with Gasteiger partial charge in [0, 0.05) is 33.0 Å². The molecule has 5 nitrogen and oxygen atoms in total. The molecule has 3 aromatic carbocycles. The van der Waals surface area contributed by atoms with Crippen molar-refractivity contribution in [1.29, 1.82) is 0 Å². The monoisotopic (exact) mass is 572 g/mol. The number of aromatic nitrogens is 1. The molecule has 9 heteroatoms. The number of sulfonamides is 1. The van der Waals surface area contributed by atoms with E-state index in [9.17, 15) is 13.5 Å². The minimum Gasteiger partial charge on any atom is -0.506 e. The number of halogens is 2. The van der Waals surface area contributed by atoms with Crippen molar-refractivity contribution in [3.63, 3.8) is 0 Å². The van der Waals surface area contributed by atoms with Crippen LogP contribution in [0, 0.1) is 0 Å². The molecule has 0 bridgehead atoms. The summed E-state index contributed by atoms with van der Waals surface area (Å²) in [6.45, 7) is 7.68. The summed E-state index contributed by atoms with van der Waals surface area (Å²) >= 11 is 14.5. The van der Waals surface area contributed by atoms with E-state index in [1.165, 1.54) is 16.4 Å². The van der Waals surface area contributed by atoms with E-state index in [0.29, 0.717) is 5.69 Å². The molecule has 0 amide bonds. The zero-order valence-electron chi connectivity index (χ0n) is 20.8. The molecule has 0 aliphatic heterocycles. The van der Waals surface area contributed by atoms with Crippen molar-refractivity contribution in [2.24, 2.45) is 0 Å². The van der Waals surface area contributed by atoms with Gasteiger partial charge in [0.25, 0.3) is 0 Å². The normalized spacial score (nSPS) is 12.5. The average Bonchev–Trinajstić information content (AvgIpc) is 3.51. The molecule has 0 saturated heterocycles. The number of aromatic hydroxyl groups is 1. The summed E-state index contributed by atoms with van der Waals surface area (Å²) in [5, 5.41) is 14.9. The second kappa shape index (κ2) is 9.24. The molecule has 0 saturated carbocycles. The van der Waals surface area contributed by atoms with E-state index in [0.717, 1.165) is 37.8 Å². The van der Waals surface area contributed by atoms with E-state index in [2.05, 4.69) is 23.2 Å². The zero-order chi connectivity index (χ0) is 26.7. The number of fused-ring (bicyclic) bond motifs is 3. The van der Waals surface area contributed by atoms with E-state index < -0.39 is 15.4 Å². The van der Waals surface area contributed by atoms with Crippen LogP contribution in [0.4, 0.5) is 11.4 Å². The van der Waals surface area contributed by atoms with Gasteiger partial charge in [-0.1, -0.05) is 68.2 Å². The molecule has 0 radical (unpaired) electrons. The van der Waals surface area contributed by atoms with Crippen LogP contribution in [0.2, 0.25) is 10.0 Å². The molecule has 0 aliphatic carbocycles. The quantitative estimate of drug-likeness (QED) is 0.221. The Balaban J connectivity index is 1.92. The number of nitrogens with one attached hydrogen (secondary N) is 1. The van der Waals surface area contributed by atoms with Crippen molar-refractivity contribution < 1.29 is 13.5 Å². The molecule has 2 aromatic heterocycles. The van der Waals surface area contributed by atoms with Crippen molar-refractivity contribution in [1.82, 2.24) is 4.98 Å². The van der Waals surface area contributed by atoms with Gasteiger partial charge >= 0.3 is 0 Å². The highest BCUT2D eigenvalue weighted by molar-refractivity contribution is 7.93. The van der Waals surface area contributed by atoms with Gasteiger partial charge in [-0.25, -0.2) is 12.7 Å². The molecular formula is C28H26Cl2N2O3S2. The van der Waals surface area contributed by atoms with Crippen LogP contribution < -0.4 is 4.31 Å². The maximum Gasteiger partial charge on any atom is 0.239 e. The summed E-state index contributed by atoms with van der Waals surface area (Å²) in [5.41, 5.74) is 2.91. The fourth-order valence-corrected chi connectivity index (χ4v) is 6.91. The summed E-state index contributed by atoms with van der Waals surface area (Å²) in [6, 6.07) is 17.0. The van der Waals surface area contributed by atoms with Gasteiger partial charge in [0.2, 0.25) is 10.0 Å². The first-order valence-electron chi connectivity index (χ1n) is 11.8. The number of hydrogen-bond donors (Lipinski definition) is 2. The molecule has 5 rings (SSSR count). The van der Waals surface area contributed by atoms with Crippen molar-refractivity contribution in [2.75, 3.05) is 10.1 Å². The number of phenolic OH excluding ortho intramolecular Hbond substituents is 1. The first kappa shape index (κ1) is 25.9. The number of phenols is 1. The summed E-state index contributed by atoms with van der Waals surface area (Å²) < 4.78 is 28.8. The third-order valence-electron chi connectivity index (χ3n) is 6.39. The number of rotatable bonds is 5. The van der Waals surface area contributed by atoms with E-state index in [-0.39, 0.29) is 27.2 Å². The number of benzene rings is 3. The lowest BCUT2D eigenvalue weighted by Gasteiger charge is -2.29. The Morgan fingerprint density at radius 3 is 2.43 bits per heavy atom. The van der Waals surface area contributed by atoms with Gasteiger partial charge in [0.1, 0.15) is 5.75 Å². The number of thiophene rings is 1. The van der Waals surface area contributed by atoms with Gasteiger partial charge in [-0.3, -0.25) is 0 Å². The Kier molecular flexibility index (Phi) is 6.47. The molecule has 0 atom stereocenters. The van der Waals surface area contributed by atoms with Gasteiger partial charge < -0.3 is 10.1 Å². The first-order chi connectivity index (χ1) is 17.4. The Labute approximate surface area is 230 Å². The molecule has 0 spiro atoms. The molecule has 37 heavy (non-hydrogen) atoms. The standard InChI is InChI=1S/C28H26Cl2N2O3S2/c1-5-37(34,35)32(22-14-20(30)23(33)15-19(22)29)26-25-18-10-8-17(24-7-6-12-36-24)13-16(18)9-11-21(25)31-27(26)28(2,3)4/h6-15,31,33H,5H2,1-4H3. The minimum atomic E-state index is -3.88. The molecule has 5 aromatic rings. The van der Waals surface area contributed by atoms with Crippen molar-refractivity contribution in [3.8, 4) is 16.2 Å². The molecule has 192 valence electrons. The Morgan fingerprint density at radius 1 is 1.03 bits per heavy atom. The lowest BCUT2D eigenvalue weighted by molar-refractivity contribution is 0.475. The van der Waals surface area contributed by atoms with E-state index >= 15 is 0 Å². The highest BCUT2D eigenvalue weighted by atomic mass is 35.5. The summed E-state index contributed by atoms with van der Waals surface area (Å²) in [6.07, 6.45) is 0. The predicted molar refractivity (Wildman–Crippen MR) is 158 cm³/mol. The summed E-state index contributed by atoms with van der Waals surface area (Å²) in [5.74, 6) is -0.378. The predicted octanol–water partition coefficient (Wildman–Crippen LogP) is 8.85. The van der Waals surface area contributed by atoms with Gasteiger partial charge in [0.15, 0.2) is 0 Å². The third kappa shape index (κ3) is 4.48. The SMILES string of the molecule is CCS(=O)(=O)N(c1cc(Cl)c(O)cc1Cl)c1c(C(C)(C)C)[nH]c2ccc3cc(-c4cccs4)ccc3c12. The van der Waals surface area contributed by atoms with Gasteiger partial charge in [-0.2, -0.15) is 0 Å². The van der Waals surface area contributed by atoms with E-state index in [4.69, 9.17) is 23.2 Å². The van der Waals surface area contributed by atoms with E-state index in [1.807, 2.05) is 50.4 Å². The Morgan fingerprint density at radius 2 is 1.78 bits per heavy atom. The zero-order valence-corrected chi connectivity index (χ0v) is 23.9. The number of hydrogen-bond acceptors (Lipinski definition) is 4. The lowest BCUT2D eigenvalue weighted by atomic mass is 9.90. The fraction of sp³-hybridized carbons (Fsp3) is 0.214. The second-order valence-corrected chi connectivity index (χ2v) is 13.8. The maximum atomic E-state index is 13.8. The van der Waals surface area contributed by atoms with Crippen LogP contribution in [0.5, 0.6) is 5.75 Å². The van der Waals surface area contributed by atoms with E-state index in [1.54, 1.807) is 18.3 Å². The smallest absolute Gasteiger partial charge is 0.239 e. The number of H-pyrrole nitrogens is 1. The maximum absolute atomic E-state index is 13.8. The number of anilines is 2. The van der Waals surface area contributed by atoms with Crippen LogP contribution in [0.25, 0.3) is 32.1 Å². The molecular weight excluding hydrogens is 547 g/mol. The molecule has 0 aliphatic rings. The van der Waals surface area contributed by atoms with Crippen molar-refractivity contribution in [2.45, 2.75) is 33.1 Å². The summed E-state index contributed by atoms with van der Waals surface area (Å²) in [7, 11) is -3.88. The van der Waals surface area contributed by atoms with Crippen LogP contribution in [0.15, 0.2) is 60.0 Å². The van der Waals surface area contributed by atoms with Crippen molar-refractivity contribution in [3.05, 3.63) is 75.7 Å². The minimum absolute atomic E-state index is 0.0123. The largest absolute Gasteiger partial charge is 0.506 e. The third-order valence-corrected chi connectivity index (χ3v) is 9.58. The Bertz CT molecular complexity index is 1750. The molecule has 0 unspecified atom stereocenters.